The lowest BCUT2D eigenvalue weighted by atomic mass is 10.0. The van der Waals surface area contributed by atoms with Crippen molar-refractivity contribution in [3.63, 3.8) is 0 Å². The number of halogens is 4. The van der Waals surface area contributed by atoms with Gasteiger partial charge in [0.2, 0.25) is 5.95 Å². The Kier molecular flexibility index (Phi) is 7.37. The fraction of sp³-hybridized carbons (Fsp3) is 0.286. The summed E-state index contributed by atoms with van der Waals surface area (Å²) in [5, 5.41) is 13.5. The molecule has 0 amide bonds. The van der Waals surface area contributed by atoms with Crippen LogP contribution in [0.4, 0.5) is 24.8 Å². The standard InChI is InChI=1S/C28H25ClF3N5O4S/c1-37-6-4-17(5-7-37)34-28-33-12-15-8-14(9-20(31)26(15)35-28)24-19(30)2-3-21(25(24)32)36-42(39,40)23-11-16(29)10-18-22(38)13-41-27(18)23/h2-3,8-12,17,22,36,38H,4-7,13H2,1H3,(H,33,34,35)/t22-/m1/s1. The van der Waals surface area contributed by atoms with Gasteiger partial charge in [-0.2, -0.15) is 0 Å². The maximum absolute atomic E-state index is 15.7. The molecule has 0 spiro atoms. The SMILES string of the molecule is CN1CCC(Nc2ncc3cc(-c4c(F)ccc(NS(=O)(=O)c5cc(Cl)cc6c5OC[C@H]6O)c4F)cc(F)c3n2)CC1. The number of fused-ring (bicyclic) bond motifs is 2. The van der Waals surface area contributed by atoms with Crippen LogP contribution in [-0.2, 0) is 10.0 Å². The first-order valence-electron chi connectivity index (χ1n) is 13.1. The average Bonchev–Trinajstić information content (AvgIpc) is 3.31. The van der Waals surface area contributed by atoms with Gasteiger partial charge in [-0.15, -0.1) is 0 Å². The second-order valence-electron chi connectivity index (χ2n) is 10.3. The smallest absolute Gasteiger partial charge is 0.265 e. The summed E-state index contributed by atoms with van der Waals surface area (Å²) < 4.78 is 79.9. The van der Waals surface area contributed by atoms with Crippen molar-refractivity contribution >= 4 is 44.2 Å². The molecule has 3 heterocycles. The van der Waals surface area contributed by atoms with E-state index in [0.717, 1.165) is 50.2 Å². The van der Waals surface area contributed by atoms with Crippen molar-refractivity contribution in [3.8, 4) is 16.9 Å². The molecule has 42 heavy (non-hydrogen) atoms. The quantitative estimate of drug-likeness (QED) is 0.273. The molecule has 0 unspecified atom stereocenters. The Hall–Kier alpha value is -3.65. The second-order valence-corrected chi connectivity index (χ2v) is 12.4. The molecule has 220 valence electrons. The van der Waals surface area contributed by atoms with E-state index in [2.05, 4.69) is 24.9 Å². The van der Waals surface area contributed by atoms with E-state index in [9.17, 15) is 17.9 Å². The zero-order chi connectivity index (χ0) is 29.8. The predicted molar refractivity (Wildman–Crippen MR) is 152 cm³/mol. The van der Waals surface area contributed by atoms with Crippen molar-refractivity contribution in [1.82, 2.24) is 14.9 Å². The molecule has 1 saturated heterocycles. The molecule has 1 atom stereocenters. The summed E-state index contributed by atoms with van der Waals surface area (Å²) in [5.74, 6) is -3.00. The maximum Gasteiger partial charge on any atom is 0.265 e. The molecule has 1 aromatic heterocycles. The van der Waals surface area contributed by atoms with Crippen LogP contribution in [0.25, 0.3) is 22.0 Å². The number of rotatable bonds is 6. The minimum Gasteiger partial charge on any atom is -0.489 e. The summed E-state index contributed by atoms with van der Waals surface area (Å²) in [6.45, 7) is 1.64. The lowest BCUT2D eigenvalue weighted by molar-refractivity contribution is 0.140. The molecule has 0 saturated carbocycles. The number of nitrogens with zero attached hydrogens (tertiary/aromatic N) is 3. The molecule has 14 heteroatoms. The molecule has 0 radical (unpaired) electrons. The molecule has 2 aliphatic rings. The first-order valence-corrected chi connectivity index (χ1v) is 14.9. The van der Waals surface area contributed by atoms with Crippen LogP contribution in [0, 0.1) is 17.5 Å². The van der Waals surface area contributed by atoms with Gasteiger partial charge in [-0.25, -0.2) is 31.6 Å². The van der Waals surface area contributed by atoms with E-state index in [1.165, 1.54) is 18.3 Å². The van der Waals surface area contributed by atoms with Crippen LogP contribution in [0.1, 0.15) is 24.5 Å². The molecular weight excluding hydrogens is 595 g/mol. The molecule has 4 aromatic rings. The van der Waals surface area contributed by atoms with Crippen molar-refractivity contribution in [2.75, 3.05) is 36.8 Å². The van der Waals surface area contributed by atoms with E-state index in [-0.39, 0.29) is 51.4 Å². The number of piperidine rings is 1. The molecule has 3 N–H and O–H groups in total. The van der Waals surface area contributed by atoms with Gasteiger partial charge in [0.1, 0.15) is 40.5 Å². The first-order chi connectivity index (χ1) is 20.0. The average molecular weight is 620 g/mol. The van der Waals surface area contributed by atoms with Crippen LogP contribution in [0.3, 0.4) is 0 Å². The second kappa shape index (κ2) is 10.9. The third-order valence-electron chi connectivity index (χ3n) is 7.39. The Balaban J connectivity index is 1.32. The third kappa shape index (κ3) is 5.33. The Morgan fingerprint density at radius 3 is 2.62 bits per heavy atom. The Morgan fingerprint density at radius 1 is 1.10 bits per heavy atom. The summed E-state index contributed by atoms with van der Waals surface area (Å²) in [4.78, 5) is 10.3. The normalized spacial score (nSPS) is 17.7. The van der Waals surface area contributed by atoms with Gasteiger partial charge in [0.15, 0.2) is 5.82 Å². The van der Waals surface area contributed by atoms with E-state index in [0.29, 0.717) is 0 Å². The monoisotopic (exact) mass is 619 g/mol. The summed E-state index contributed by atoms with van der Waals surface area (Å²) in [6, 6.07) is 6.65. The van der Waals surface area contributed by atoms with Crippen molar-refractivity contribution in [2.24, 2.45) is 0 Å². The predicted octanol–water partition coefficient (Wildman–Crippen LogP) is 5.10. The van der Waals surface area contributed by atoms with E-state index < -0.39 is 49.7 Å². The van der Waals surface area contributed by atoms with Gasteiger partial charge in [-0.1, -0.05) is 11.6 Å². The van der Waals surface area contributed by atoms with Crippen molar-refractivity contribution in [2.45, 2.75) is 29.9 Å². The number of hydrogen-bond donors (Lipinski definition) is 3. The highest BCUT2D eigenvalue weighted by Crippen LogP contribution is 2.41. The topological polar surface area (TPSA) is 117 Å². The summed E-state index contributed by atoms with van der Waals surface area (Å²) in [7, 11) is -2.48. The number of aromatic nitrogens is 2. The number of likely N-dealkylation sites (tertiary alicyclic amines) is 1. The number of sulfonamides is 1. The fourth-order valence-corrected chi connectivity index (χ4v) is 6.74. The molecule has 1 fully saturated rings. The van der Waals surface area contributed by atoms with E-state index in [4.69, 9.17) is 16.3 Å². The molecule has 0 aliphatic carbocycles. The van der Waals surface area contributed by atoms with Crippen molar-refractivity contribution in [1.29, 1.82) is 0 Å². The molecule has 3 aromatic carbocycles. The third-order valence-corrected chi connectivity index (χ3v) is 8.98. The molecule has 2 aliphatic heterocycles. The number of aliphatic hydroxyl groups excluding tert-OH is 1. The zero-order valence-electron chi connectivity index (χ0n) is 22.2. The largest absolute Gasteiger partial charge is 0.489 e. The Bertz CT molecular complexity index is 1820. The number of benzene rings is 3. The van der Waals surface area contributed by atoms with Crippen molar-refractivity contribution < 1.29 is 31.4 Å². The first kappa shape index (κ1) is 28.5. The minimum atomic E-state index is -4.52. The Labute approximate surface area is 244 Å². The summed E-state index contributed by atoms with van der Waals surface area (Å²) in [5.41, 5.74) is -1.27. The number of ether oxygens (including phenoxy) is 1. The van der Waals surface area contributed by atoms with E-state index in [1.54, 1.807) is 0 Å². The highest BCUT2D eigenvalue weighted by molar-refractivity contribution is 7.92. The Morgan fingerprint density at radius 2 is 1.86 bits per heavy atom. The molecule has 6 rings (SSSR count). The van der Waals surface area contributed by atoms with Crippen LogP contribution in [-0.4, -0.2) is 61.2 Å². The van der Waals surface area contributed by atoms with Crippen LogP contribution < -0.4 is 14.8 Å². The van der Waals surface area contributed by atoms with Gasteiger partial charge in [-0.05, 0) is 74.9 Å². The van der Waals surface area contributed by atoms with Crippen LogP contribution in [0.15, 0.2) is 47.5 Å². The molecule has 0 bridgehead atoms. The zero-order valence-corrected chi connectivity index (χ0v) is 23.7. The summed E-state index contributed by atoms with van der Waals surface area (Å²) in [6.07, 6.45) is 2.04. The lowest BCUT2D eigenvalue weighted by Gasteiger charge is -2.29. The highest BCUT2D eigenvalue weighted by atomic mass is 35.5. The maximum atomic E-state index is 15.7. The van der Waals surface area contributed by atoms with Gasteiger partial charge in [0.25, 0.3) is 10.0 Å². The lowest BCUT2D eigenvalue weighted by Crippen LogP contribution is -2.37. The highest BCUT2D eigenvalue weighted by Gasteiger charge is 2.32. The number of hydrogen-bond acceptors (Lipinski definition) is 8. The minimum absolute atomic E-state index is 0.0116. The van der Waals surface area contributed by atoms with Crippen LogP contribution in [0.2, 0.25) is 5.02 Å². The number of nitrogens with one attached hydrogen (secondary N) is 2. The van der Waals surface area contributed by atoms with Crippen LogP contribution in [0.5, 0.6) is 5.75 Å². The number of aliphatic hydroxyl groups is 1. The number of anilines is 2. The van der Waals surface area contributed by atoms with E-state index >= 15 is 8.78 Å². The van der Waals surface area contributed by atoms with Gasteiger partial charge in [0, 0.05) is 28.2 Å². The van der Waals surface area contributed by atoms with Crippen molar-refractivity contribution in [3.05, 3.63) is 70.6 Å². The van der Waals surface area contributed by atoms with Gasteiger partial charge in [0.05, 0.1) is 11.3 Å². The van der Waals surface area contributed by atoms with E-state index in [1.807, 2.05) is 7.05 Å². The molecular formula is C28H25ClF3N5O4S. The molecule has 9 nitrogen and oxygen atoms in total. The van der Waals surface area contributed by atoms with Gasteiger partial charge >= 0.3 is 0 Å². The summed E-state index contributed by atoms with van der Waals surface area (Å²) >= 11 is 6.05. The van der Waals surface area contributed by atoms with Gasteiger partial charge in [-0.3, -0.25) is 4.72 Å². The van der Waals surface area contributed by atoms with Crippen LogP contribution >= 0.6 is 11.6 Å². The van der Waals surface area contributed by atoms with Gasteiger partial charge < -0.3 is 20.1 Å². The fourth-order valence-electron chi connectivity index (χ4n) is 5.19.